The summed E-state index contributed by atoms with van der Waals surface area (Å²) in [6, 6.07) is 0. The van der Waals surface area contributed by atoms with Crippen LogP contribution < -0.4 is 5.48 Å². The summed E-state index contributed by atoms with van der Waals surface area (Å²) in [6.45, 7) is 2.70. The second-order valence-corrected chi connectivity index (χ2v) is 5.28. The molecule has 0 spiro atoms. The minimum absolute atomic E-state index is 0.193. The SMILES string of the molecule is CCCCCCC(=Cn1ccnc1)NOCCCCC(=O)O. The Morgan fingerprint density at radius 2 is 2.09 bits per heavy atom. The monoisotopic (exact) mass is 309 g/mol. The number of nitrogens with zero attached hydrogens (tertiary/aromatic N) is 2. The zero-order chi connectivity index (χ0) is 16.0. The molecule has 2 N–H and O–H groups in total. The van der Waals surface area contributed by atoms with Gasteiger partial charge < -0.3 is 9.67 Å². The van der Waals surface area contributed by atoms with Gasteiger partial charge in [0.1, 0.15) is 0 Å². The summed E-state index contributed by atoms with van der Waals surface area (Å²) in [5.41, 5.74) is 3.99. The zero-order valence-corrected chi connectivity index (χ0v) is 13.3. The Morgan fingerprint density at radius 1 is 1.27 bits per heavy atom. The van der Waals surface area contributed by atoms with E-state index in [1.807, 2.05) is 17.0 Å². The lowest BCUT2D eigenvalue weighted by molar-refractivity contribution is -0.137. The van der Waals surface area contributed by atoms with E-state index in [4.69, 9.17) is 9.94 Å². The Balaban J connectivity index is 2.30. The number of hydrogen-bond acceptors (Lipinski definition) is 4. The van der Waals surface area contributed by atoms with Crippen molar-refractivity contribution in [2.24, 2.45) is 0 Å². The fourth-order valence-electron chi connectivity index (χ4n) is 2.00. The number of hydroxylamine groups is 1. The third-order valence-corrected chi connectivity index (χ3v) is 3.22. The van der Waals surface area contributed by atoms with Crippen molar-refractivity contribution < 1.29 is 14.7 Å². The predicted molar refractivity (Wildman–Crippen MR) is 85.8 cm³/mol. The second-order valence-electron chi connectivity index (χ2n) is 5.28. The summed E-state index contributed by atoms with van der Waals surface area (Å²) in [7, 11) is 0. The molecular formula is C16H27N3O3. The van der Waals surface area contributed by atoms with Crippen LogP contribution in [-0.4, -0.2) is 27.2 Å². The second kappa shape index (κ2) is 11.8. The van der Waals surface area contributed by atoms with Crippen LogP contribution in [0.2, 0.25) is 0 Å². The highest BCUT2D eigenvalue weighted by Gasteiger charge is 2.00. The van der Waals surface area contributed by atoms with Gasteiger partial charge in [-0.3, -0.25) is 15.1 Å². The topological polar surface area (TPSA) is 76.4 Å². The third kappa shape index (κ3) is 9.18. The number of carboxylic acids is 1. The number of imidazole rings is 1. The molecule has 124 valence electrons. The van der Waals surface area contributed by atoms with Gasteiger partial charge in [0.15, 0.2) is 0 Å². The lowest BCUT2D eigenvalue weighted by Crippen LogP contribution is -2.16. The van der Waals surface area contributed by atoms with Gasteiger partial charge in [0.05, 0.1) is 18.6 Å². The summed E-state index contributed by atoms with van der Waals surface area (Å²) in [6.07, 6.45) is 14.6. The maximum absolute atomic E-state index is 10.4. The predicted octanol–water partition coefficient (Wildman–Crippen LogP) is 3.43. The van der Waals surface area contributed by atoms with Gasteiger partial charge in [-0.2, -0.15) is 0 Å². The maximum Gasteiger partial charge on any atom is 0.303 e. The largest absolute Gasteiger partial charge is 0.481 e. The molecule has 22 heavy (non-hydrogen) atoms. The molecule has 0 aliphatic rings. The van der Waals surface area contributed by atoms with Gasteiger partial charge in [0.2, 0.25) is 0 Å². The number of nitrogens with one attached hydrogen (secondary N) is 1. The van der Waals surface area contributed by atoms with Gasteiger partial charge in [-0.1, -0.05) is 26.2 Å². The van der Waals surface area contributed by atoms with Crippen LogP contribution in [0.4, 0.5) is 0 Å². The van der Waals surface area contributed by atoms with E-state index in [2.05, 4.69) is 17.4 Å². The Hall–Kier alpha value is -1.82. The molecule has 0 fully saturated rings. The van der Waals surface area contributed by atoms with Gasteiger partial charge in [-0.15, -0.1) is 0 Å². The Bertz CT molecular complexity index is 430. The number of carboxylic acid groups (broad SMARTS) is 1. The van der Waals surface area contributed by atoms with Crippen molar-refractivity contribution in [3.63, 3.8) is 0 Å². The minimum atomic E-state index is -0.760. The highest BCUT2D eigenvalue weighted by Crippen LogP contribution is 2.09. The van der Waals surface area contributed by atoms with E-state index >= 15 is 0 Å². The molecule has 0 saturated heterocycles. The summed E-state index contributed by atoms with van der Waals surface area (Å²) in [4.78, 5) is 19.9. The van der Waals surface area contributed by atoms with Crippen LogP contribution in [0.3, 0.4) is 0 Å². The summed E-state index contributed by atoms with van der Waals surface area (Å²) < 4.78 is 1.88. The first-order valence-corrected chi connectivity index (χ1v) is 8.00. The molecule has 0 aliphatic heterocycles. The standard InChI is InChI=1S/C16H27N3O3/c1-2-3-4-5-8-15(13-19-11-10-17-14-19)18-22-12-7-6-9-16(20)21/h10-11,13-14,18H,2-9,12H2,1H3,(H,20,21). The molecule has 0 unspecified atom stereocenters. The van der Waals surface area contributed by atoms with Gasteiger partial charge in [0.25, 0.3) is 0 Å². The third-order valence-electron chi connectivity index (χ3n) is 3.22. The number of carbonyl (C=O) groups is 1. The smallest absolute Gasteiger partial charge is 0.303 e. The van der Waals surface area contributed by atoms with Crippen LogP contribution in [0.5, 0.6) is 0 Å². The molecule has 6 nitrogen and oxygen atoms in total. The number of aliphatic carboxylic acids is 1. The lowest BCUT2D eigenvalue weighted by Gasteiger charge is -2.11. The van der Waals surface area contributed by atoms with E-state index in [1.165, 1.54) is 19.3 Å². The number of allylic oxidation sites excluding steroid dienone is 1. The molecule has 1 rings (SSSR count). The Morgan fingerprint density at radius 3 is 2.77 bits per heavy atom. The van der Waals surface area contributed by atoms with Gasteiger partial charge in [-0.25, -0.2) is 4.98 Å². The molecular weight excluding hydrogens is 282 g/mol. The fraction of sp³-hybridized carbons (Fsp3) is 0.625. The maximum atomic E-state index is 10.4. The van der Waals surface area contributed by atoms with E-state index < -0.39 is 5.97 Å². The molecule has 0 amide bonds. The summed E-state index contributed by atoms with van der Waals surface area (Å²) in [5, 5.41) is 8.57. The van der Waals surface area contributed by atoms with E-state index in [9.17, 15) is 4.79 Å². The first kappa shape index (κ1) is 18.2. The van der Waals surface area contributed by atoms with Crippen molar-refractivity contribution in [3.8, 4) is 0 Å². The van der Waals surface area contributed by atoms with Crippen molar-refractivity contribution in [3.05, 3.63) is 24.4 Å². The first-order valence-electron chi connectivity index (χ1n) is 8.00. The van der Waals surface area contributed by atoms with Crippen LogP contribution in [0, 0.1) is 0 Å². The molecule has 1 aromatic heterocycles. The van der Waals surface area contributed by atoms with Crippen molar-refractivity contribution in [1.82, 2.24) is 15.0 Å². The molecule has 0 radical (unpaired) electrons. The average Bonchev–Trinajstić information content (AvgIpc) is 2.99. The van der Waals surface area contributed by atoms with Gasteiger partial charge in [0, 0.05) is 25.0 Å². The zero-order valence-electron chi connectivity index (χ0n) is 13.3. The first-order chi connectivity index (χ1) is 10.7. The molecule has 0 saturated carbocycles. The van der Waals surface area contributed by atoms with Crippen molar-refractivity contribution in [2.75, 3.05) is 6.61 Å². The van der Waals surface area contributed by atoms with Crippen LogP contribution in [0.1, 0.15) is 58.3 Å². The van der Waals surface area contributed by atoms with Gasteiger partial charge >= 0.3 is 5.97 Å². The van der Waals surface area contributed by atoms with Crippen LogP contribution in [0.25, 0.3) is 6.20 Å². The van der Waals surface area contributed by atoms with Crippen molar-refractivity contribution >= 4 is 12.2 Å². The molecule has 1 heterocycles. The minimum Gasteiger partial charge on any atom is -0.481 e. The van der Waals surface area contributed by atoms with E-state index in [1.54, 1.807) is 12.5 Å². The fourth-order valence-corrected chi connectivity index (χ4v) is 2.00. The molecule has 0 bridgehead atoms. The lowest BCUT2D eigenvalue weighted by atomic mass is 10.1. The number of hydrogen-bond donors (Lipinski definition) is 2. The summed E-state index contributed by atoms with van der Waals surface area (Å²) >= 11 is 0. The number of aromatic nitrogens is 2. The number of unbranched alkanes of at least 4 members (excludes halogenated alkanes) is 4. The molecule has 0 aromatic carbocycles. The summed E-state index contributed by atoms with van der Waals surface area (Å²) in [5.74, 6) is -0.760. The molecule has 0 aliphatic carbocycles. The molecule has 1 aromatic rings. The van der Waals surface area contributed by atoms with Crippen LogP contribution in [-0.2, 0) is 9.63 Å². The average molecular weight is 309 g/mol. The quantitative estimate of drug-likeness (QED) is 0.431. The molecule has 0 atom stereocenters. The van der Waals surface area contributed by atoms with Crippen LogP contribution in [0.15, 0.2) is 24.4 Å². The van der Waals surface area contributed by atoms with Crippen LogP contribution >= 0.6 is 0 Å². The highest BCUT2D eigenvalue weighted by atomic mass is 16.6. The Kier molecular flexibility index (Phi) is 9.78. The normalized spacial score (nSPS) is 11.6. The Labute approximate surface area is 132 Å². The van der Waals surface area contributed by atoms with E-state index in [-0.39, 0.29) is 6.42 Å². The van der Waals surface area contributed by atoms with E-state index in [0.717, 1.165) is 25.0 Å². The van der Waals surface area contributed by atoms with Crippen molar-refractivity contribution in [1.29, 1.82) is 0 Å². The number of rotatable bonds is 13. The van der Waals surface area contributed by atoms with Gasteiger partial charge in [-0.05, 0) is 25.7 Å². The van der Waals surface area contributed by atoms with E-state index in [0.29, 0.717) is 13.0 Å². The van der Waals surface area contributed by atoms with Crippen molar-refractivity contribution in [2.45, 2.75) is 58.3 Å². The molecule has 6 heteroatoms. The highest BCUT2D eigenvalue weighted by molar-refractivity contribution is 5.66.